The molecule has 124 valence electrons. The Balaban J connectivity index is 2.09. The third-order valence-corrected chi connectivity index (χ3v) is 5.92. The fourth-order valence-corrected chi connectivity index (χ4v) is 3.73. The summed E-state index contributed by atoms with van der Waals surface area (Å²) in [6.45, 7) is 6.40. The minimum absolute atomic E-state index is 0.119. The van der Waals surface area contributed by atoms with Gasteiger partial charge < -0.3 is 16.8 Å². The van der Waals surface area contributed by atoms with Crippen LogP contribution in [0.25, 0.3) is 5.52 Å². The van der Waals surface area contributed by atoms with Crippen molar-refractivity contribution in [2.75, 3.05) is 5.32 Å². The number of hydrogen-bond donors (Lipinski definition) is 3. The molecule has 1 amide bonds. The van der Waals surface area contributed by atoms with Crippen LogP contribution in [0.3, 0.4) is 0 Å². The normalized spacial score (nSPS) is 26.6. The van der Waals surface area contributed by atoms with E-state index in [2.05, 4.69) is 47.1 Å². The molecule has 7 heteroatoms. The molecule has 0 bridgehead atoms. The van der Waals surface area contributed by atoms with Gasteiger partial charge in [0.05, 0.1) is 23.0 Å². The number of primary amides is 1. The molecule has 1 aliphatic rings. The van der Waals surface area contributed by atoms with E-state index in [0.29, 0.717) is 11.3 Å². The molecule has 0 radical (unpaired) electrons. The second-order valence-electron chi connectivity index (χ2n) is 7.16. The Kier molecular flexibility index (Phi) is 3.68. The molecule has 2 aromatic rings. The van der Waals surface area contributed by atoms with Crippen molar-refractivity contribution in [3.8, 4) is 0 Å². The number of nitrogens with one attached hydrogen (secondary N) is 1. The van der Waals surface area contributed by atoms with Gasteiger partial charge in [0.25, 0.3) is 5.91 Å². The summed E-state index contributed by atoms with van der Waals surface area (Å²) in [5.74, 6) is -0.494. The van der Waals surface area contributed by atoms with E-state index in [1.165, 1.54) is 6.20 Å². The van der Waals surface area contributed by atoms with Gasteiger partial charge >= 0.3 is 0 Å². The number of amides is 1. The van der Waals surface area contributed by atoms with Crippen LogP contribution in [0.2, 0.25) is 0 Å². The highest BCUT2D eigenvalue weighted by atomic mass is 79.9. The molecule has 2 atom stereocenters. The first-order valence-corrected chi connectivity index (χ1v) is 8.45. The molecule has 1 saturated carbocycles. The van der Waals surface area contributed by atoms with Crippen molar-refractivity contribution in [1.29, 1.82) is 0 Å². The molecule has 1 aliphatic carbocycles. The summed E-state index contributed by atoms with van der Waals surface area (Å²) in [6.07, 6.45) is 5.22. The van der Waals surface area contributed by atoms with Crippen LogP contribution in [0.4, 0.5) is 5.69 Å². The highest BCUT2D eigenvalue weighted by Gasteiger charge is 2.49. The highest BCUT2D eigenvalue weighted by Crippen LogP contribution is 2.46. The lowest BCUT2D eigenvalue weighted by Gasteiger charge is -2.39. The third kappa shape index (κ3) is 2.52. The molecular formula is C16H22BrN5O. The summed E-state index contributed by atoms with van der Waals surface area (Å²) in [7, 11) is 0. The van der Waals surface area contributed by atoms with E-state index in [1.54, 1.807) is 4.52 Å². The van der Waals surface area contributed by atoms with Crippen molar-refractivity contribution < 1.29 is 4.79 Å². The zero-order valence-corrected chi connectivity index (χ0v) is 15.1. The number of carbonyl (C=O) groups is 1. The van der Waals surface area contributed by atoms with E-state index in [9.17, 15) is 4.79 Å². The third-order valence-electron chi connectivity index (χ3n) is 5.48. The van der Waals surface area contributed by atoms with E-state index >= 15 is 0 Å². The molecule has 3 rings (SSSR count). The summed E-state index contributed by atoms with van der Waals surface area (Å²) in [4.78, 5) is 11.8. The van der Waals surface area contributed by atoms with Gasteiger partial charge in [-0.2, -0.15) is 5.10 Å². The lowest BCUT2D eigenvalue weighted by Crippen LogP contribution is -2.51. The van der Waals surface area contributed by atoms with Crippen LogP contribution in [0, 0.1) is 5.41 Å². The van der Waals surface area contributed by atoms with Gasteiger partial charge in [0, 0.05) is 27.7 Å². The summed E-state index contributed by atoms with van der Waals surface area (Å²) in [5.41, 5.74) is 13.5. The molecule has 2 heterocycles. The minimum atomic E-state index is -0.494. The lowest BCUT2D eigenvalue weighted by molar-refractivity contribution is 0.100. The van der Waals surface area contributed by atoms with Crippen LogP contribution in [-0.2, 0) is 0 Å². The largest absolute Gasteiger partial charge is 0.379 e. The first kappa shape index (κ1) is 16.3. The van der Waals surface area contributed by atoms with Crippen LogP contribution < -0.4 is 16.8 Å². The number of aromatic nitrogens is 2. The van der Waals surface area contributed by atoms with Crippen molar-refractivity contribution >= 4 is 33.0 Å². The van der Waals surface area contributed by atoms with Crippen LogP contribution in [0.1, 0.15) is 44.0 Å². The fraction of sp³-hybridized carbons (Fsp3) is 0.500. The second-order valence-corrected chi connectivity index (χ2v) is 8.08. The SMILES string of the molecule is CC1(C)[C@H](Nc2c(C(N)=O)cnn3cc(Br)cc23)CC[C@@]1(C)N. The van der Waals surface area contributed by atoms with Crippen molar-refractivity contribution in [3.05, 3.63) is 28.5 Å². The number of hydrogen-bond acceptors (Lipinski definition) is 4. The molecule has 23 heavy (non-hydrogen) atoms. The zero-order valence-electron chi connectivity index (χ0n) is 13.6. The van der Waals surface area contributed by atoms with Gasteiger partial charge in [-0.05, 0) is 41.8 Å². The minimum Gasteiger partial charge on any atom is -0.379 e. The summed E-state index contributed by atoms with van der Waals surface area (Å²) in [6, 6.07) is 2.07. The van der Waals surface area contributed by atoms with Gasteiger partial charge in [0.1, 0.15) is 0 Å². The molecule has 2 aromatic heterocycles. The van der Waals surface area contributed by atoms with E-state index in [1.807, 2.05) is 12.3 Å². The first-order valence-electron chi connectivity index (χ1n) is 7.65. The molecule has 0 spiro atoms. The number of nitrogens with zero attached hydrogens (tertiary/aromatic N) is 2. The molecule has 0 aromatic carbocycles. The standard InChI is InChI=1S/C16H22BrN5O/c1-15(2)12(4-5-16(15,3)19)21-13-10(14(18)23)7-20-22-8-9(17)6-11(13)22/h6-8,12,21H,4-5,19H2,1-3H3,(H2,18,23)/t12-,16-/m1/s1. The van der Waals surface area contributed by atoms with Crippen LogP contribution in [0.5, 0.6) is 0 Å². The number of halogens is 1. The molecule has 0 unspecified atom stereocenters. The number of fused-ring (bicyclic) bond motifs is 1. The van der Waals surface area contributed by atoms with Gasteiger partial charge in [-0.15, -0.1) is 0 Å². The van der Waals surface area contributed by atoms with Gasteiger partial charge in [-0.3, -0.25) is 4.79 Å². The topological polar surface area (TPSA) is 98.4 Å². The predicted octanol–water partition coefficient (Wildman–Crippen LogP) is 2.51. The summed E-state index contributed by atoms with van der Waals surface area (Å²) < 4.78 is 2.62. The smallest absolute Gasteiger partial charge is 0.252 e. The van der Waals surface area contributed by atoms with Gasteiger partial charge in [0.15, 0.2) is 0 Å². The molecule has 6 nitrogen and oxygen atoms in total. The Hall–Kier alpha value is -1.60. The van der Waals surface area contributed by atoms with Gasteiger partial charge in [0.2, 0.25) is 0 Å². The van der Waals surface area contributed by atoms with E-state index in [0.717, 1.165) is 22.8 Å². The van der Waals surface area contributed by atoms with E-state index in [-0.39, 0.29) is 17.0 Å². The second kappa shape index (κ2) is 5.21. The van der Waals surface area contributed by atoms with Gasteiger partial charge in [-0.1, -0.05) is 13.8 Å². The molecule has 0 aliphatic heterocycles. The number of nitrogens with two attached hydrogens (primary N) is 2. The van der Waals surface area contributed by atoms with Crippen molar-refractivity contribution in [1.82, 2.24) is 9.61 Å². The number of rotatable bonds is 3. The maximum Gasteiger partial charge on any atom is 0.252 e. The monoisotopic (exact) mass is 379 g/mol. The zero-order chi connectivity index (χ0) is 17.0. The highest BCUT2D eigenvalue weighted by molar-refractivity contribution is 9.10. The van der Waals surface area contributed by atoms with Crippen LogP contribution >= 0.6 is 15.9 Å². The Morgan fingerprint density at radius 1 is 1.48 bits per heavy atom. The molecule has 5 N–H and O–H groups in total. The number of anilines is 1. The lowest BCUT2D eigenvalue weighted by atomic mass is 9.75. The predicted molar refractivity (Wildman–Crippen MR) is 94.4 cm³/mol. The maximum atomic E-state index is 11.8. The molecule has 0 saturated heterocycles. The fourth-order valence-electron chi connectivity index (χ4n) is 3.32. The van der Waals surface area contributed by atoms with Gasteiger partial charge in [-0.25, -0.2) is 4.52 Å². The van der Waals surface area contributed by atoms with E-state index in [4.69, 9.17) is 11.5 Å². The molecule has 1 fully saturated rings. The van der Waals surface area contributed by atoms with E-state index < -0.39 is 5.91 Å². The summed E-state index contributed by atoms with van der Waals surface area (Å²) in [5, 5.41) is 7.78. The first-order chi connectivity index (χ1) is 10.6. The van der Waals surface area contributed by atoms with Crippen molar-refractivity contribution in [3.63, 3.8) is 0 Å². The van der Waals surface area contributed by atoms with Crippen LogP contribution in [-0.4, -0.2) is 27.1 Å². The Morgan fingerprint density at radius 2 is 2.17 bits per heavy atom. The number of carbonyl (C=O) groups excluding carboxylic acids is 1. The maximum absolute atomic E-state index is 11.8. The Bertz CT molecular complexity index is 780. The van der Waals surface area contributed by atoms with Crippen LogP contribution in [0.15, 0.2) is 22.9 Å². The average Bonchev–Trinajstić information content (AvgIpc) is 2.90. The van der Waals surface area contributed by atoms with Crippen molar-refractivity contribution in [2.24, 2.45) is 16.9 Å². The Labute approximate surface area is 143 Å². The molecular weight excluding hydrogens is 358 g/mol. The quantitative estimate of drug-likeness (QED) is 0.762. The average molecular weight is 380 g/mol. The Morgan fingerprint density at radius 3 is 2.74 bits per heavy atom. The van der Waals surface area contributed by atoms with Crippen molar-refractivity contribution in [2.45, 2.75) is 45.2 Å². The summed E-state index contributed by atoms with van der Waals surface area (Å²) >= 11 is 3.45.